The van der Waals surface area contributed by atoms with Crippen LogP contribution >= 0.6 is 0 Å². The van der Waals surface area contributed by atoms with E-state index in [1.54, 1.807) is 37.4 Å². The van der Waals surface area contributed by atoms with Gasteiger partial charge in [-0.25, -0.2) is 4.90 Å². The maximum absolute atomic E-state index is 14.3. The molecule has 0 bridgehead atoms. The fourth-order valence-electron chi connectivity index (χ4n) is 6.54. The van der Waals surface area contributed by atoms with Gasteiger partial charge in [-0.3, -0.25) is 14.4 Å². The van der Waals surface area contributed by atoms with Gasteiger partial charge in [-0.1, -0.05) is 60.7 Å². The summed E-state index contributed by atoms with van der Waals surface area (Å²) >= 11 is 0. The number of rotatable bonds is 4. The number of para-hydroxylation sites is 2. The monoisotopic (exact) mass is 531 g/mol. The Bertz CT molecular complexity index is 1740. The highest BCUT2D eigenvalue weighted by Crippen LogP contribution is 2.56. The molecule has 4 atom stereocenters. The van der Waals surface area contributed by atoms with Gasteiger partial charge in [0.25, 0.3) is 0 Å². The highest BCUT2D eigenvalue weighted by atomic mass is 16.5. The molecule has 7 nitrogen and oxygen atoms in total. The predicted octanol–water partition coefficient (Wildman–Crippen LogP) is 5.38. The Morgan fingerprint density at radius 2 is 1.48 bits per heavy atom. The van der Waals surface area contributed by atoms with Crippen LogP contribution in [0.25, 0.3) is 16.3 Å². The Morgan fingerprint density at radius 3 is 2.25 bits per heavy atom. The van der Waals surface area contributed by atoms with Gasteiger partial charge < -0.3 is 14.2 Å². The van der Waals surface area contributed by atoms with Crippen molar-refractivity contribution in [2.75, 3.05) is 19.1 Å². The molecule has 0 unspecified atom stereocenters. The van der Waals surface area contributed by atoms with Crippen LogP contribution in [0.4, 0.5) is 5.69 Å². The number of hydrogen-bond acceptors (Lipinski definition) is 6. The van der Waals surface area contributed by atoms with Gasteiger partial charge in [-0.15, -0.1) is 0 Å². The molecule has 4 aromatic carbocycles. The summed E-state index contributed by atoms with van der Waals surface area (Å²) in [4.78, 5) is 43.3. The maximum atomic E-state index is 14.3. The number of benzene rings is 4. The fraction of sp³-hybridized carbons (Fsp3) is 0.182. The lowest BCUT2D eigenvalue weighted by molar-refractivity contribution is -0.142. The third-order valence-electron chi connectivity index (χ3n) is 8.31. The first-order valence-corrected chi connectivity index (χ1v) is 13.1. The lowest BCUT2D eigenvalue weighted by atomic mass is 9.64. The molecule has 3 aliphatic rings. The Balaban J connectivity index is 1.47. The molecule has 0 radical (unpaired) electrons. The number of carbonyl (C=O) groups excluding carboxylic acids is 3. The molecule has 1 saturated heterocycles. The average molecular weight is 532 g/mol. The molecule has 0 saturated carbocycles. The standard InChI is InChI=1S/C33H25NO6/c1-38-20-14-11-19(12-15-20)22-17-23-27-21-8-4-3-7-18(21)13-16-26(27)40-33(37)29(23)30-28(22)31(35)34(32(30)36)24-9-5-6-10-25(24)39-2/h3-17,22,28-30H,1-2H3/t22-,28-,29-,30-/m0/s1. The third kappa shape index (κ3) is 3.40. The number of imide groups is 1. The zero-order chi connectivity index (χ0) is 27.5. The number of carbonyl (C=O) groups is 3. The van der Waals surface area contributed by atoms with E-state index < -0.39 is 35.5 Å². The first-order chi connectivity index (χ1) is 19.5. The van der Waals surface area contributed by atoms with Crippen molar-refractivity contribution in [3.8, 4) is 17.2 Å². The molecule has 198 valence electrons. The van der Waals surface area contributed by atoms with Crippen LogP contribution in [0.5, 0.6) is 17.2 Å². The summed E-state index contributed by atoms with van der Waals surface area (Å²) in [6, 6.07) is 26.0. The first kappa shape index (κ1) is 24.2. The smallest absolute Gasteiger partial charge is 0.319 e. The third-order valence-corrected chi connectivity index (χ3v) is 8.31. The van der Waals surface area contributed by atoms with Gasteiger partial charge in [-0.05, 0) is 52.2 Å². The number of allylic oxidation sites excluding steroid dienone is 1. The van der Waals surface area contributed by atoms with Crippen LogP contribution in [0.15, 0.2) is 91.0 Å². The van der Waals surface area contributed by atoms with Crippen LogP contribution in [0.1, 0.15) is 17.0 Å². The lowest BCUT2D eigenvalue weighted by Crippen LogP contribution is -2.42. The summed E-state index contributed by atoms with van der Waals surface area (Å²) in [7, 11) is 3.09. The normalized spacial score (nSPS) is 23.2. The molecule has 2 heterocycles. The van der Waals surface area contributed by atoms with Gasteiger partial charge in [-0.2, -0.15) is 0 Å². The molecule has 40 heavy (non-hydrogen) atoms. The van der Waals surface area contributed by atoms with Gasteiger partial charge in [0, 0.05) is 11.5 Å². The van der Waals surface area contributed by atoms with E-state index in [4.69, 9.17) is 14.2 Å². The van der Waals surface area contributed by atoms with Crippen molar-refractivity contribution in [1.29, 1.82) is 0 Å². The number of amides is 2. The van der Waals surface area contributed by atoms with E-state index in [1.165, 1.54) is 12.0 Å². The van der Waals surface area contributed by atoms with Crippen LogP contribution in [0.3, 0.4) is 0 Å². The number of hydrogen-bond donors (Lipinski definition) is 0. The molecule has 7 rings (SSSR count). The van der Waals surface area contributed by atoms with Crippen molar-refractivity contribution < 1.29 is 28.6 Å². The predicted molar refractivity (Wildman–Crippen MR) is 149 cm³/mol. The Hall–Kier alpha value is -4.91. The number of nitrogens with zero attached hydrogens (tertiary/aromatic N) is 1. The molecule has 0 N–H and O–H groups in total. The molecular formula is C33H25NO6. The summed E-state index contributed by atoms with van der Waals surface area (Å²) in [6.07, 6.45) is 2.00. The van der Waals surface area contributed by atoms with E-state index >= 15 is 0 Å². The second-order valence-electron chi connectivity index (χ2n) is 10.2. The molecule has 1 fully saturated rings. The highest BCUT2D eigenvalue weighted by molar-refractivity contribution is 6.25. The van der Waals surface area contributed by atoms with E-state index in [0.717, 1.165) is 21.9 Å². The molecule has 4 aromatic rings. The summed E-state index contributed by atoms with van der Waals surface area (Å²) in [5, 5.41) is 1.92. The van der Waals surface area contributed by atoms with E-state index in [0.29, 0.717) is 28.5 Å². The van der Waals surface area contributed by atoms with Crippen molar-refractivity contribution in [2.24, 2.45) is 17.8 Å². The minimum Gasteiger partial charge on any atom is -0.497 e. The Kier molecular flexibility index (Phi) is 5.49. The Morgan fingerprint density at radius 1 is 0.750 bits per heavy atom. The van der Waals surface area contributed by atoms with E-state index in [-0.39, 0.29) is 5.91 Å². The topological polar surface area (TPSA) is 82.1 Å². The van der Waals surface area contributed by atoms with Crippen LogP contribution in [0.2, 0.25) is 0 Å². The van der Waals surface area contributed by atoms with Crippen molar-refractivity contribution in [3.63, 3.8) is 0 Å². The summed E-state index contributed by atoms with van der Waals surface area (Å²) in [5.41, 5.74) is 2.72. The van der Waals surface area contributed by atoms with Gasteiger partial charge in [0.1, 0.15) is 17.2 Å². The zero-order valence-corrected chi connectivity index (χ0v) is 21.9. The summed E-state index contributed by atoms with van der Waals surface area (Å²) < 4.78 is 16.7. The van der Waals surface area contributed by atoms with Gasteiger partial charge in [0.2, 0.25) is 11.8 Å². The molecular weight excluding hydrogens is 506 g/mol. The summed E-state index contributed by atoms with van der Waals surface area (Å²) in [6.45, 7) is 0. The first-order valence-electron chi connectivity index (χ1n) is 13.1. The molecule has 2 aliphatic heterocycles. The van der Waals surface area contributed by atoms with Crippen molar-refractivity contribution in [2.45, 2.75) is 5.92 Å². The molecule has 1 aliphatic carbocycles. The minimum atomic E-state index is -0.941. The average Bonchev–Trinajstić information content (AvgIpc) is 3.25. The molecule has 0 spiro atoms. The van der Waals surface area contributed by atoms with Crippen LogP contribution in [-0.4, -0.2) is 32.0 Å². The minimum absolute atomic E-state index is 0.361. The van der Waals surface area contributed by atoms with Gasteiger partial charge in [0.05, 0.1) is 37.7 Å². The van der Waals surface area contributed by atoms with Gasteiger partial charge >= 0.3 is 5.97 Å². The van der Waals surface area contributed by atoms with Crippen molar-refractivity contribution in [3.05, 3.63) is 102 Å². The zero-order valence-electron chi connectivity index (χ0n) is 21.9. The fourth-order valence-corrected chi connectivity index (χ4v) is 6.54. The Labute approximate surface area is 230 Å². The van der Waals surface area contributed by atoms with Crippen molar-refractivity contribution >= 4 is 39.8 Å². The van der Waals surface area contributed by atoms with Crippen LogP contribution in [0, 0.1) is 17.8 Å². The second kappa shape index (κ2) is 9.09. The van der Waals surface area contributed by atoms with Crippen molar-refractivity contribution in [1.82, 2.24) is 0 Å². The molecule has 0 aromatic heterocycles. The number of fused-ring (bicyclic) bond motifs is 7. The number of methoxy groups -OCH3 is 2. The van der Waals surface area contributed by atoms with E-state index in [1.807, 2.05) is 60.7 Å². The summed E-state index contributed by atoms with van der Waals surface area (Å²) in [5.74, 6) is -2.92. The number of anilines is 1. The lowest BCUT2D eigenvalue weighted by Gasteiger charge is -2.38. The molecule has 7 heteroatoms. The largest absolute Gasteiger partial charge is 0.497 e. The maximum Gasteiger partial charge on any atom is 0.319 e. The SMILES string of the molecule is COc1ccc([C@@H]2C=C3c4c(ccc5ccccc45)OC(=O)[C@@H]3[C@H]3C(=O)N(c4ccccc4OC)C(=O)[C@H]32)cc1. The van der Waals surface area contributed by atoms with Crippen LogP contribution in [-0.2, 0) is 14.4 Å². The van der Waals surface area contributed by atoms with E-state index in [9.17, 15) is 14.4 Å². The number of esters is 1. The quantitative estimate of drug-likeness (QED) is 0.200. The van der Waals surface area contributed by atoms with Gasteiger partial charge in [0.15, 0.2) is 0 Å². The second-order valence-corrected chi connectivity index (χ2v) is 10.2. The number of ether oxygens (including phenoxy) is 3. The highest BCUT2D eigenvalue weighted by Gasteiger charge is 2.60. The van der Waals surface area contributed by atoms with Crippen LogP contribution < -0.4 is 19.1 Å². The van der Waals surface area contributed by atoms with E-state index in [2.05, 4.69) is 0 Å². The molecule has 2 amide bonds.